The van der Waals surface area contributed by atoms with Crippen molar-refractivity contribution in [2.24, 2.45) is 5.92 Å². The van der Waals surface area contributed by atoms with Crippen LogP contribution in [-0.4, -0.2) is 48.8 Å². The van der Waals surface area contributed by atoms with E-state index in [9.17, 15) is 19.2 Å². The summed E-state index contributed by atoms with van der Waals surface area (Å²) in [4.78, 5) is 51.1. The van der Waals surface area contributed by atoms with Crippen LogP contribution < -0.4 is 21.3 Å². The lowest BCUT2D eigenvalue weighted by Gasteiger charge is -2.22. The van der Waals surface area contributed by atoms with Crippen LogP contribution in [0.25, 0.3) is 0 Å². The Morgan fingerprint density at radius 2 is 1.60 bits per heavy atom. The Balaban J connectivity index is 1.90. The molecule has 8 heteroatoms. The maximum Gasteiger partial charge on any atom is 0.315 e. The molecule has 1 aliphatic heterocycles. The number of allylic oxidation sites excluding steroid dienone is 1. The zero-order chi connectivity index (χ0) is 30.4. The highest BCUT2D eigenvalue weighted by molar-refractivity contribution is 5.94. The molecule has 0 radical (unpaired) electrons. The van der Waals surface area contributed by atoms with Gasteiger partial charge in [-0.25, -0.2) is 4.79 Å². The molecule has 0 aliphatic carbocycles. The monoisotopic (exact) mass is 580 g/mol. The molecule has 4 amide bonds. The number of carbonyl (C=O) groups excluding carboxylic acids is 4. The lowest BCUT2D eigenvalue weighted by molar-refractivity contribution is -0.128. The van der Waals surface area contributed by atoms with Gasteiger partial charge in [0, 0.05) is 25.9 Å². The van der Waals surface area contributed by atoms with E-state index in [1.54, 1.807) is 18.2 Å². The third-order valence-electron chi connectivity index (χ3n) is 7.40. The molecular weight excluding hydrogens is 528 g/mol. The zero-order valence-electron chi connectivity index (χ0n) is 25.7. The van der Waals surface area contributed by atoms with E-state index in [1.807, 2.05) is 37.3 Å². The van der Waals surface area contributed by atoms with Crippen LogP contribution in [0.3, 0.4) is 0 Å². The first-order valence-electron chi connectivity index (χ1n) is 15.9. The van der Waals surface area contributed by atoms with Crippen molar-refractivity contribution in [1.29, 1.82) is 0 Å². The summed E-state index contributed by atoms with van der Waals surface area (Å²) in [5.41, 5.74) is 0.905. The number of benzene rings is 1. The van der Waals surface area contributed by atoms with Gasteiger partial charge in [0.05, 0.1) is 0 Å². The van der Waals surface area contributed by atoms with Crippen LogP contribution in [0, 0.1) is 5.92 Å². The predicted octanol–water partition coefficient (Wildman–Crippen LogP) is 5.53. The number of Topliss-reactive ketones (excluding diaryl/α,β-unsaturated/α-hetero) is 1. The van der Waals surface area contributed by atoms with Gasteiger partial charge in [-0.15, -0.1) is 0 Å². The second-order valence-corrected chi connectivity index (χ2v) is 11.3. The Hall–Kier alpha value is -3.42. The number of hydrogen-bond donors (Lipinski definition) is 4. The van der Waals surface area contributed by atoms with Gasteiger partial charge in [-0.3, -0.25) is 14.4 Å². The standard InChI is InChI=1S/C34H52N4O4/c1-3-4-5-6-7-8-9-10-11-16-24-36-34(42)38-30(26-28-18-13-12-14-19-28)33(41)37-29-20-15-17-23-35-32(40)22-21-27(2)25-31(29)39/h12-15,18-22,27,29-30H,3-11,16-17,23-26H2,1-2H3,(H,35,40)(H,37,41)(H2,36,38,42)/b20-15+,22-21+/t27-,29-,30?/m0/s1. The quantitative estimate of drug-likeness (QED) is 0.152. The minimum Gasteiger partial charge on any atom is -0.352 e. The lowest BCUT2D eigenvalue weighted by atomic mass is 9.98. The maximum absolute atomic E-state index is 13.4. The van der Waals surface area contributed by atoms with Gasteiger partial charge in [0.25, 0.3) is 0 Å². The van der Waals surface area contributed by atoms with Gasteiger partial charge in [0.2, 0.25) is 11.8 Å². The molecule has 232 valence electrons. The molecule has 0 saturated heterocycles. The number of rotatable bonds is 16. The lowest BCUT2D eigenvalue weighted by Crippen LogP contribution is -2.54. The van der Waals surface area contributed by atoms with Crippen molar-refractivity contribution < 1.29 is 19.2 Å². The molecule has 3 atom stereocenters. The largest absolute Gasteiger partial charge is 0.352 e. The van der Waals surface area contributed by atoms with Crippen LogP contribution in [0.15, 0.2) is 54.6 Å². The Bertz CT molecular complexity index is 1010. The third kappa shape index (κ3) is 15.5. The van der Waals surface area contributed by atoms with Crippen LogP contribution >= 0.6 is 0 Å². The van der Waals surface area contributed by atoms with Gasteiger partial charge < -0.3 is 21.3 Å². The number of amides is 4. The van der Waals surface area contributed by atoms with E-state index in [0.29, 0.717) is 25.9 Å². The average Bonchev–Trinajstić information content (AvgIpc) is 2.97. The molecule has 0 fully saturated rings. The highest BCUT2D eigenvalue weighted by Crippen LogP contribution is 2.11. The van der Waals surface area contributed by atoms with Gasteiger partial charge in [-0.05, 0) is 30.4 Å². The molecule has 1 unspecified atom stereocenters. The van der Waals surface area contributed by atoms with Crippen molar-refractivity contribution in [3.63, 3.8) is 0 Å². The molecule has 1 aromatic carbocycles. The Labute approximate surface area is 252 Å². The Morgan fingerprint density at radius 3 is 2.29 bits per heavy atom. The van der Waals surface area contributed by atoms with Gasteiger partial charge in [0.1, 0.15) is 12.1 Å². The number of nitrogens with one attached hydrogen (secondary N) is 4. The fourth-order valence-electron chi connectivity index (χ4n) is 4.91. The second kappa shape index (κ2) is 21.3. The van der Waals surface area contributed by atoms with Crippen molar-refractivity contribution >= 4 is 23.6 Å². The summed E-state index contributed by atoms with van der Waals surface area (Å²) < 4.78 is 0. The smallest absolute Gasteiger partial charge is 0.315 e. The van der Waals surface area contributed by atoms with Crippen LogP contribution in [0.1, 0.15) is 96.5 Å². The third-order valence-corrected chi connectivity index (χ3v) is 7.40. The molecule has 1 aromatic rings. The molecule has 0 aromatic heterocycles. The normalized spacial score (nSPS) is 19.9. The van der Waals surface area contributed by atoms with Crippen LogP contribution in [0.4, 0.5) is 4.79 Å². The number of urea groups is 1. The number of carbonyl (C=O) groups is 4. The summed E-state index contributed by atoms with van der Waals surface area (Å²) in [7, 11) is 0. The van der Waals surface area contributed by atoms with E-state index in [1.165, 1.54) is 57.4 Å². The molecule has 42 heavy (non-hydrogen) atoms. The highest BCUT2D eigenvalue weighted by Gasteiger charge is 2.26. The SMILES string of the molecule is CCCCCCCCCCCCNC(=O)NC(Cc1ccccc1)C(=O)N[C@H]1/C=C/CCNC(=O)/C=C/[C@H](C)CC1=O. The van der Waals surface area contributed by atoms with Crippen molar-refractivity contribution in [3.05, 3.63) is 60.2 Å². The van der Waals surface area contributed by atoms with Gasteiger partial charge in [-0.1, -0.05) is 120 Å². The molecular formula is C34H52N4O4. The van der Waals surface area contributed by atoms with E-state index in [0.717, 1.165) is 18.4 Å². The van der Waals surface area contributed by atoms with E-state index >= 15 is 0 Å². The first-order valence-corrected chi connectivity index (χ1v) is 15.9. The Kier molecular flexibility index (Phi) is 17.6. The fourth-order valence-corrected chi connectivity index (χ4v) is 4.91. The molecule has 0 saturated carbocycles. The average molecular weight is 581 g/mol. The van der Waals surface area contributed by atoms with Gasteiger partial charge in [-0.2, -0.15) is 0 Å². The molecule has 0 spiro atoms. The highest BCUT2D eigenvalue weighted by atomic mass is 16.2. The Morgan fingerprint density at radius 1 is 0.929 bits per heavy atom. The molecule has 0 bridgehead atoms. The summed E-state index contributed by atoms with van der Waals surface area (Å²) >= 11 is 0. The second-order valence-electron chi connectivity index (χ2n) is 11.3. The van der Waals surface area contributed by atoms with E-state index < -0.39 is 24.0 Å². The van der Waals surface area contributed by atoms with E-state index in [2.05, 4.69) is 28.2 Å². The molecule has 8 nitrogen and oxygen atoms in total. The first kappa shape index (κ1) is 34.8. The zero-order valence-corrected chi connectivity index (χ0v) is 25.7. The summed E-state index contributed by atoms with van der Waals surface area (Å²) in [6.07, 6.45) is 19.8. The summed E-state index contributed by atoms with van der Waals surface area (Å²) in [6, 6.07) is 7.44. The summed E-state index contributed by atoms with van der Waals surface area (Å²) in [6.45, 7) is 5.07. The predicted molar refractivity (Wildman–Crippen MR) is 169 cm³/mol. The minimum absolute atomic E-state index is 0.151. The van der Waals surface area contributed by atoms with Crippen molar-refractivity contribution in [3.8, 4) is 0 Å². The van der Waals surface area contributed by atoms with Crippen LogP contribution in [-0.2, 0) is 20.8 Å². The molecule has 1 aliphatic rings. The van der Waals surface area contributed by atoms with Crippen LogP contribution in [0.2, 0.25) is 0 Å². The van der Waals surface area contributed by atoms with E-state index in [4.69, 9.17) is 0 Å². The topological polar surface area (TPSA) is 116 Å². The number of ketones is 1. The van der Waals surface area contributed by atoms with Gasteiger partial charge in [0.15, 0.2) is 5.78 Å². The summed E-state index contributed by atoms with van der Waals surface area (Å²) in [5, 5.41) is 11.4. The molecule has 1 heterocycles. The maximum atomic E-state index is 13.4. The molecule has 2 rings (SSSR count). The summed E-state index contributed by atoms with van der Waals surface area (Å²) in [5.74, 6) is -0.916. The number of unbranched alkanes of at least 4 members (excludes halogenated alkanes) is 9. The first-order chi connectivity index (χ1) is 20.4. The van der Waals surface area contributed by atoms with Crippen molar-refractivity contribution in [1.82, 2.24) is 21.3 Å². The fraction of sp³-hybridized carbons (Fsp3) is 0.588. The van der Waals surface area contributed by atoms with E-state index in [-0.39, 0.29) is 24.0 Å². The van der Waals surface area contributed by atoms with Crippen molar-refractivity contribution in [2.45, 2.75) is 109 Å². The van der Waals surface area contributed by atoms with Crippen molar-refractivity contribution in [2.75, 3.05) is 13.1 Å². The number of hydrogen-bond acceptors (Lipinski definition) is 4. The molecule has 4 N–H and O–H groups in total. The van der Waals surface area contributed by atoms with Gasteiger partial charge >= 0.3 is 6.03 Å². The minimum atomic E-state index is -0.848. The van der Waals surface area contributed by atoms with Crippen LogP contribution in [0.5, 0.6) is 0 Å².